The van der Waals surface area contributed by atoms with Gasteiger partial charge in [0.1, 0.15) is 6.04 Å². The second-order valence-electron chi connectivity index (χ2n) is 4.35. The van der Waals surface area contributed by atoms with Crippen molar-refractivity contribution in [3.8, 4) is 0 Å². The molecular weight excluding hydrogens is 293 g/mol. The van der Waals surface area contributed by atoms with Gasteiger partial charge in [0.05, 0.1) is 0 Å². The lowest BCUT2D eigenvalue weighted by atomic mass is 10.0. The Hall–Kier alpha value is -0.910. The molecule has 0 amide bonds. The van der Waals surface area contributed by atoms with Crippen molar-refractivity contribution >= 4 is 25.2 Å². The molecule has 0 bridgehead atoms. The van der Waals surface area contributed by atoms with Gasteiger partial charge in [-0.2, -0.15) is 0 Å². The molecule has 5 N–H and O–H groups in total. The standard InChI is InChI=1S/C11H15ClNO5P/c1-11(12,19(16,17)18)8-4-2-3-7(5-8)6-9(13)10(14)15/h2-5,9H,6,13H2,1H3,(H,14,15)(H2,16,17,18)/t9-,11?/m0/s1. The second-order valence-corrected chi connectivity index (χ2v) is 7.35. The lowest BCUT2D eigenvalue weighted by Crippen LogP contribution is -2.32. The summed E-state index contributed by atoms with van der Waals surface area (Å²) in [6.45, 7) is 1.21. The van der Waals surface area contributed by atoms with E-state index in [2.05, 4.69) is 0 Å². The highest BCUT2D eigenvalue weighted by atomic mass is 35.5. The lowest BCUT2D eigenvalue weighted by molar-refractivity contribution is -0.138. The summed E-state index contributed by atoms with van der Waals surface area (Å²) < 4.78 is 9.49. The summed E-state index contributed by atoms with van der Waals surface area (Å²) in [6.07, 6.45) is 0.0529. The molecule has 0 heterocycles. The highest BCUT2D eigenvalue weighted by Crippen LogP contribution is 2.59. The number of alkyl halides is 1. The third kappa shape index (κ3) is 3.78. The summed E-state index contributed by atoms with van der Waals surface area (Å²) in [5.41, 5.74) is 6.18. The second kappa shape index (κ2) is 5.61. The van der Waals surface area contributed by atoms with Crippen molar-refractivity contribution in [1.29, 1.82) is 0 Å². The third-order valence-corrected chi connectivity index (χ3v) is 5.00. The molecule has 0 saturated carbocycles. The molecule has 2 atom stereocenters. The van der Waals surface area contributed by atoms with Crippen LogP contribution >= 0.6 is 19.2 Å². The number of nitrogens with two attached hydrogens (primary N) is 1. The molecule has 0 fully saturated rings. The predicted octanol–water partition coefficient (Wildman–Crippen LogP) is 1.23. The minimum atomic E-state index is -4.55. The number of carboxylic acids is 1. The van der Waals surface area contributed by atoms with Crippen molar-refractivity contribution in [3.05, 3.63) is 35.4 Å². The van der Waals surface area contributed by atoms with Crippen LogP contribution in [0.2, 0.25) is 0 Å². The first-order valence-corrected chi connectivity index (χ1v) is 7.37. The fraction of sp³-hybridized carbons (Fsp3) is 0.364. The number of benzene rings is 1. The van der Waals surface area contributed by atoms with E-state index in [4.69, 9.17) is 22.4 Å². The predicted molar refractivity (Wildman–Crippen MR) is 71.0 cm³/mol. The van der Waals surface area contributed by atoms with E-state index in [-0.39, 0.29) is 12.0 Å². The molecule has 0 aromatic heterocycles. The molecule has 0 radical (unpaired) electrons. The number of rotatable bonds is 5. The Balaban J connectivity index is 3.08. The summed E-state index contributed by atoms with van der Waals surface area (Å²) in [5.74, 6) is -1.14. The van der Waals surface area contributed by atoms with Crippen LogP contribution in [0.3, 0.4) is 0 Å². The first-order valence-electron chi connectivity index (χ1n) is 5.38. The maximum Gasteiger partial charge on any atom is 0.350 e. The van der Waals surface area contributed by atoms with Crippen LogP contribution in [0.5, 0.6) is 0 Å². The first kappa shape index (κ1) is 16.1. The SMILES string of the molecule is CC(Cl)(c1cccc(C[C@H](N)C(=O)O)c1)P(=O)(O)O. The Bertz CT molecular complexity index is 528. The zero-order valence-corrected chi connectivity index (χ0v) is 11.8. The zero-order valence-electron chi connectivity index (χ0n) is 10.2. The van der Waals surface area contributed by atoms with E-state index >= 15 is 0 Å². The van der Waals surface area contributed by atoms with Crippen molar-refractivity contribution in [3.63, 3.8) is 0 Å². The Morgan fingerprint density at radius 3 is 2.58 bits per heavy atom. The Morgan fingerprint density at radius 1 is 1.53 bits per heavy atom. The van der Waals surface area contributed by atoms with Gasteiger partial charge >= 0.3 is 13.6 Å². The normalized spacial score (nSPS) is 16.7. The molecule has 8 heteroatoms. The van der Waals surface area contributed by atoms with Gasteiger partial charge in [0.15, 0.2) is 4.62 Å². The Labute approximate surface area is 115 Å². The molecule has 0 aliphatic carbocycles. The fourth-order valence-electron chi connectivity index (χ4n) is 1.49. The molecule has 1 rings (SSSR count). The van der Waals surface area contributed by atoms with E-state index in [1.54, 1.807) is 12.1 Å². The van der Waals surface area contributed by atoms with E-state index in [9.17, 15) is 19.1 Å². The number of hydrogen-bond acceptors (Lipinski definition) is 3. The number of carbonyl (C=O) groups is 1. The number of aliphatic carboxylic acids is 1. The van der Waals surface area contributed by atoms with Gasteiger partial charge < -0.3 is 20.6 Å². The van der Waals surface area contributed by atoms with Gasteiger partial charge in [0.2, 0.25) is 0 Å². The van der Waals surface area contributed by atoms with E-state index < -0.39 is 24.2 Å². The number of hydrogen-bond donors (Lipinski definition) is 4. The number of carboxylic acid groups (broad SMARTS) is 1. The highest BCUT2D eigenvalue weighted by molar-refractivity contribution is 7.55. The van der Waals surface area contributed by atoms with E-state index in [1.807, 2.05) is 0 Å². The molecule has 1 aromatic rings. The molecule has 0 spiro atoms. The maximum atomic E-state index is 11.3. The summed E-state index contributed by atoms with van der Waals surface area (Å²) >= 11 is 5.90. The smallest absolute Gasteiger partial charge is 0.350 e. The van der Waals surface area contributed by atoms with Gasteiger partial charge in [0, 0.05) is 0 Å². The Morgan fingerprint density at radius 2 is 2.11 bits per heavy atom. The van der Waals surface area contributed by atoms with Gasteiger partial charge in [-0.1, -0.05) is 24.3 Å². The van der Waals surface area contributed by atoms with Crippen LogP contribution in [-0.2, 0) is 20.4 Å². The number of halogens is 1. The molecule has 106 valence electrons. The molecule has 0 aliphatic heterocycles. The monoisotopic (exact) mass is 307 g/mol. The van der Waals surface area contributed by atoms with Crippen LogP contribution < -0.4 is 5.73 Å². The van der Waals surface area contributed by atoms with Crippen LogP contribution in [0.15, 0.2) is 24.3 Å². The largest absolute Gasteiger partial charge is 0.480 e. The van der Waals surface area contributed by atoms with E-state index in [0.717, 1.165) is 0 Å². The molecule has 19 heavy (non-hydrogen) atoms. The maximum absolute atomic E-state index is 11.3. The van der Waals surface area contributed by atoms with Crippen LogP contribution in [0.1, 0.15) is 18.1 Å². The van der Waals surface area contributed by atoms with Crippen LogP contribution in [0, 0.1) is 0 Å². The van der Waals surface area contributed by atoms with Crippen molar-refractivity contribution in [2.75, 3.05) is 0 Å². The summed E-state index contributed by atoms with van der Waals surface area (Å²) in [7, 11) is -4.55. The van der Waals surface area contributed by atoms with Crippen molar-refractivity contribution in [2.45, 2.75) is 24.0 Å². The summed E-state index contributed by atoms with van der Waals surface area (Å²) in [5, 5.41) is 8.73. The van der Waals surface area contributed by atoms with Crippen LogP contribution in [-0.4, -0.2) is 26.9 Å². The Kier molecular flexibility index (Phi) is 4.76. The fourth-order valence-corrected chi connectivity index (χ4v) is 2.08. The van der Waals surface area contributed by atoms with E-state index in [0.29, 0.717) is 5.56 Å². The molecular formula is C11H15ClNO5P. The first-order chi connectivity index (χ1) is 8.55. The van der Waals surface area contributed by atoms with Crippen molar-refractivity contribution in [1.82, 2.24) is 0 Å². The quantitative estimate of drug-likeness (QED) is 0.479. The highest BCUT2D eigenvalue weighted by Gasteiger charge is 2.42. The third-order valence-electron chi connectivity index (χ3n) is 2.77. The molecule has 1 unspecified atom stereocenters. The topological polar surface area (TPSA) is 121 Å². The minimum absolute atomic E-state index is 0.0529. The van der Waals surface area contributed by atoms with Crippen molar-refractivity contribution in [2.24, 2.45) is 5.73 Å². The lowest BCUT2D eigenvalue weighted by Gasteiger charge is -2.24. The van der Waals surface area contributed by atoms with E-state index in [1.165, 1.54) is 19.1 Å². The average molecular weight is 308 g/mol. The minimum Gasteiger partial charge on any atom is -0.480 e. The van der Waals surface area contributed by atoms with Crippen molar-refractivity contribution < 1.29 is 24.3 Å². The van der Waals surface area contributed by atoms with Gasteiger partial charge in [-0.3, -0.25) is 9.36 Å². The van der Waals surface area contributed by atoms with Gasteiger partial charge in [-0.25, -0.2) is 0 Å². The average Bonchev–Trinajstić information content (AvgIpc) is 2.27. The molecule has 6 nitrogen and oxygen atoms in total. The molecule has 0 aliphatic rings. The summed E-state index contributed by atoms with van der Waals surface area (Å²) in [4.78, 5) is 29.1. The zero-order chi connectivity index (χ0) is 14.8. The van der Waals surface area contributed by atoms with Crippen LogP contribution in [0.25, 0.3) is 0 Å². The van der Waals surface area contributed by atoms with Gasteiger partial charge in [0.25, 0.3) is 0 Å². The van der Waals surface area contributed by atoms with Crippen LogP contribution in [0.4, 0.5) is 0 Å². The molecule has 0 saturated heterocycles. The van der Waals surface area contributed by atoms with Gasteiger partial charge in [-0.15, -0.1) is 11.6 Å². The summed E-state index contributed by atoms with van der Waals surface area (Å²) in [6, 6.07) is 5.03. The van der Waals surface area contributed by atoms with Gasteiger partial charge in [-0.05, 0) is 24.5 Å². The molecule has 1 aromatic carbocycles.